The Kier molecular flexibility index (Phi) is 3.06. The summed E-state index contributed by atoms with van der Waals surface area (Å²) in [5.74, 6) is -0.216. The van der Waals surface area contributed by atoms with Gasteiger partial charge in [0.15, 0.2) is 0 Å². The largest absolute Gasteiger partial charge is 0.387 e. The predicted molar refractivity (Wildman–Crippen MR) is 53.5 cm³/mol. The molecule has 13 heavy (non-hydrogen) atoms. The first-order valence-electron chi connectivity index (χ1n) is 4.11. The molecule has 3 nitrogen and oxygen atoms in total. The second kappa shape index (κ2) is 4.07. The van der Waals surface area contributed by atoms with Crippen molar-refractivity contribution < 1.29 is 4.79 Å². The molecule has 0 bridgehead atoms. The molecule has 1 fully saturated rings. The molecule has 1 saturated heterocycles. The number of carbonyl (C=O) groups is 1. The molecule has 0 aromatic rings. The fourth-order valence-electron chi connectivity index (χ4n) is 1.12. The van der Waals surface area contributed by atoms with Crippen molar-refractivity contribution in [1.82, 2.24) is 4.81 Å². The molecule has 66 valence electrons. The highest BCUT2D eigenvalue weighted by molar-refractivity contribution is 6.51. The van der Waals surface area contributed by atoms with Crippen LogP contribution >= 0.6 is 0 Å². The molecule has 2 radical (unpaired) electrons. The van der Waals surface area contributed by atoms with Crippen molar-refractivity contribution in [2.45, 2.75) is 13.8 Å². The highest BCUT2D eigenvalue weighted by Gasteiger charge is 2.27. The maximum atomic E-state index is 11.4. The number of amides is 1. The van der Waals surface area contributed by atoms with Gasteiger partial charge in [-0.3, -0.25) is 9.79 Å². The lowest BCUT2D eigenvalue weighted by Crippen LogP contribution is -2.23. The minimum atomic E-state index is -0.216. The standard InChI is InChI=1S/C9H11BN2O/c1-3-5-11-8-7(4-2)6-12(10)9(8)13/h3-5H,6H2,1-2H3/b5-3-,7-4-,11-8-. The molecule has 0 aromatic heterocycles. The molecule has 0 N–H and O–H groups in total. The Balaban J connectivity index is 2.99. The fourth-order valence-corrected chi connectivity index (χ4v) is 1.12. The molecule has 1 amide bonds. The minimum Gasteiger partial charge on any atom is -0.387 e. The molecule has 4 heteroatoms. The van der Waals surface area contributed by atoms with Crippen molar-refractivity contribution in [3.8, 4) is 0 Å². The summed E-state index contributed by atoms with van der Waals surface area (Å²) in [6.07, 6.45) is 5.22. The van der Waals surface area contributed by atoms with Gasteiger partial charge in [0.05, 0.1) is 0 Å². The zero-order valence-electron chi connectivity index (χ0n) is 7.82. The average Bonchev–Trinajstić information content (AvgIpc) is 2.40. The van der Waals surface area contributed by atoms with Gasteiger partial charge in [0.2, 0.25) is 7.98 Å². The molecule has 1 aliphatic heterocycles. The van der Waals surface area contributed by atoms with Gasteiger partial charge in [-0.1, -0.05) is 12.2 Å². The molecule has 0 unspecified atom stereocenters. The van der Waals surface area contributed by atoms with Crippen molar-refractivity contribution >= 4 is 19.6 Å². The van der Waals surface area contributed by atoms with Crippen LogP contribution in [-0.2, 0) is 4.79 Å². The number of hydrogen-bond donors (Lipinski definition) is 0. The maximum Gasteiger partial charge on any atom is 0.260 e. The van der Waals surface area contributed by atoms with Crippen molar-refractivity contribution in [2.75, 3.05) is 6.54 Å². The van der Waals surface area contributed by atoms with Crippen molar-refractivity contribution in [3.63, 3.8) is 0 Å². The van der Waals surface area contributed by atoms with Gasteiger partial charge in [-0.25, -0.2) is 0 Å². The predicted octanol–water partition coefficient (Wildman–Crippen LogP) is 0.833. The Morgan fingerprint density at radius 1 is 1.54 bits per heavy atom. The first kappa shape index (κ1) is 9.77. The summed E-state index contributed by atoms with van der Waals surface area (Å²) in [7, 11) is 5.44. The van der Waals surface area contributed by atoms with Crippen LogP contribution in [0, 0.1) is 0 Å². The van der Waals surface area contributed by atoms with Crippen molar-refractivity contribution in [3.05, 3.63) is 23.9 Å². The van der Waals surface area contributed by atoms with Crippen LogP contribution in [0.3, 0.4) is 0 Å². The number of rotatable bonds is 1. The topological polar surface area (TPSA) is 32.7 Å². The monoisotopic (exact) mass is 174 g/mol. The fraction of sp³-hybridized carbons (Fsp3) is 0.333. The molecule has 0 aromatic carbocycles. The zero-order chi connectivity index (χ0) is 9.84. The van der Waals surface area contributed by atoms with Crippen molar-refractivity contribution in [2.24, 2.45) is 4.99 Å². The molecule has 1 aliphatic rings. The van der Waals surface area contributed by atoms with E-state index in [2.05, 4.69) is 4.99 Å². The van der Waals surface area contributed by atoms with E-state index in [1.165, 1.54) is 0 Å². The number of aliphatic imine (C=N–C) groups is 1. The van der Waals surface area contributed by atoms with Gasteiger partial charge in [0, 0.05) is 12.7 Å². The minimum absolute atomic E-state index is 0.216. The third-order valence-electron chi connectivity index (χ3n) is 1.81. The van der Waals surface area contributed by atoms with Crippen molar-refractivity contribution in [1.29, 1.82) is 0 Å². The highest BCUT2D eigenvalue weighted by atomic mass is 16.2. The van der Waals surface area contributed by atoms with E-state index in [1.807, 2.05) is 19.9 Å². The Bertz CT molecular complexity index is 305. The Labute approximate surface area is 79.3 Å². The van der Waals surface area contributed by atoms with Gasteiger partial charge < -0.3 is 4.81 Å². The maximum absolute atomic E-state index is 11.4. The van der Waals surface area contributed by atoms with Crippen LogP contribution in [0.5, 0.6) is 0 Å². The summed E-state index contributed by atoms with van der Waals surface area (Å²) in [4.78, 5) is 16.6. The van der Waals surface area contributed by atoms with Crippen LogP contribution in [0.4, 0.5) is 0 Å². The lowest BCUT2D eigenvalue weighted by Gasteiger charge is -2.03. The lowest BCUT2D eigenvalue weighted by atomic mass is 10.2. The number of allylic oxidation sites excluding steroid dienone is 2. The lowest BCUT2D eigenvalue weighted by molar-refractivity contribution is -0.118. The van der Waals surface area contributed by atoms with Crippen LogP contribution < -0.4 is 0 Å². The number of nitrogens with zero attached hydrogens (tertiary/aromatic N) is 2. The summed E-state index contributed by atoms with van der Waals surface area (Å²) in [5.41, 5.74) is 1.33. The van der Waals surface area contributed by atoms with E-state index in [0.717, 1.165) is 10.4 Å². The molecular formula is C9H11BN2O. The second-order valence-corrected chi connectivity index (χ2v) is 2.71. The third-order valence-corrected chi connectivity index (χ3v) is 1.81. The van der Waals surface area contributed by atoms with E-state index in [4.69, 9.17) is 7.98 Å². The summed E-state index contributed by atoms with van der Waals surface area (Å²) in [6, 6.07) is 0. The smallest absolute Gasteiger partial charge is 0.260 e. The molecule has 0 spiro atoms. The quantitative estimate of drug-likeness (QED) is 0.542. The van der Waals surface area contributed by atoms with E-state index in [1.54, 1.807) is 12.3 Å². The second-order valence-electron chi connectivity index (χ2n) is 2.71. The van der Waals surface area contributed by atoms with Gasteiger partial charge in [0.1, 0.15) is 5.71 Å². The van der Waals surface area contributed by atoms with Crippen LogP contribution in [-0.4, -0.2) is 31.0 Å². The molecule has 1 rings (SSSR count). The zero-order valence-corrected chi connectivity index (χ0v) is 7.82. The van der Waals surface area contributed by atoms with Gasteiger partial charge in [-0.15, -0.1) is 0 Å². The van der Waals surface area contributed by atoms with Crippen LogP contribution in [0.1, 0.15) is 13.8 Å². The van der Waals surface area contributed by atoms with E-state index >= 15 is 0 Å². The number of carbonyl (C=O) groups excluding carboxylic acids is 1. The Morgan fingerprint density at radius 3 is 2.77 bits per heavy atom. The van der Waals surface area contributed by atoms with Gasteiger partial charge in [0.25, 0.3) is 5.91 Å². The third kappa shape index (κ3) is 1.88. The van der Waals surface area contributed by atoms with Crippen LogP contribution in [0.15, 0.2) is 28.9 Å². The molecule has 0 aliphatic carbocycles. The first-order valence-corrected chi connectivity index (χ1v) is 4.11. The average molecular weight is 174 g/mol. The molecule has 0 atom stereocenters. The highest BCUT2D eigenvalue weighted by Crippen LogP contribution is 2.12. The van der Waals surface area contributed by atoms with E-state index in [9.17, 15) is 4.79 Å². The Morgan fingerprint density at radius 2 is 2.23 bits per heavy atom. The summed E-state index contributed by atoms with van der Waals surface area (Å²) in [5, 5.41) is 0. The normalized spacial score (nSPS) is 24.2. The van der Waals surface area contributed by atoms with Crippen LogP contribution in [0.2, 0.25) is 0 Å². The van der Waals surface area contributed by atoms with E-state index in [0.29, 0.717) is 12.3 Å². The first-order chi connectivity index (χ1) is 6.20. The number of hydrogen-bond acceptors (Lipinski definition) is 2. The summed E-state index contributed by atoms with van der Waals surface area (Å²) < 4.78 is 0. The molecule has 0 saturated carbocycles. The Hall–Kier alpha value is -1.32. The van der Waals surface area contributed by atoms with Crippen LogP contribution in [0.25, 0.3) is 0 Å². The summed E-state index contributed by atoms with van der Waals surface area (Å²) in [6.45, 7) is 4.16. The summed E-state index contributed by atoms with van der Waals surface area (Å²) >= 11 is 0. The van der Waals surface area contributed by atoms with Gasteiger partial charge in [-0.2, -0.15) is 0 Å². The molecule has 1 heterocycles. The van der Waals surface area contributed by atoms with Gasteiger partial charge >= 0.3 is 0 Å². The van der Waals surface area contributed by atoms with Gasteiger partial charge in [-0.05, 0) is 19.4 Å². The SMILES string of the molecule is [B]N1CC(=C/C)/C(=N/C=C\C)C1=O. The van der Waals surface area contributed by atoms with E-state index in [-0.39, 0.29) is 5.91 Å². The van der Waals surface area contributed by atoms with E-state index < -0.39 is 0 Å². The molecular weight excluding hydrogens is 163 g/mol.